The zero-order valence-electron chi connectivity index (χ0n) is 13.2. The molecule has 2 aromatic rings. The molecule has 112 valence electrons. The van der Waals surface area contributed by atoms with Crippen molar-refractivity contribution in [3.8, 4) is 5.75 Å². The second-order valence-corrected chi connectivity index (χ2v) is 6.48. The normalized spacial score (nSPS) is 25.1. The predicted molar refractivity (Wildman–Crippen MR) is 88.6 cm³/mol. The minimum absolute atomic E-state index is 0.250. The first-order valence-corrected chi connectivity index (χ1v) is 8.07. The first-order chi connectivity index (χ1) is 10.1. The van der Waals surface area contributed by atoms with Crippen LogP contribution < -0.4 is 0 Å². The molecule has 1 heterocycles. The van der Waals surface area contributed by atoms with E-state index in [1.54, 1.807) is 0 Å². The third-order valence-electron chi connectivity index (χ3n) is 5.09. The summed E-state index contributed by atoms with van der Waals surface area (Å²) >= 11 is 0. The molecule has 0 bridgehead atoms. The Morgan fingerprint density at radius 2 is 1.71 bits per heavy atom. The van der Waals surface area contributed by atoms with Crippen molar-refractivity contribution in [1.29, 1.82) is 0 Å². The molecule has 3 atom stereocenters. The molecule has 0 aromatic heterocycles. The van der Waals surface area contributed by atoms with Gasteiger partial charge in [0, 0.05) is 29.1 Å². The number of hydrogen-bond donors (Lipinski definition) is 1. The summed E-state index contributed by atoms with van der Waals surface area (Å²) in [6, 6.07) is 13.7. The fourth-order valence-electron chi connectivity index (χ4n) is 3.97. The number of likely N-dealkylation sites (tertiary alicyclic amines) is 1. The maximum Gasteiger partial charge on any atom is 0.128 e. The number of fused-ring (bicyclic) bond motifs is 1. The minimum atomic E-state index is 0.250. The molecule has 21 heavy (non-hydrogen) atoms. The van der Waals surface area contributed by atoms with Crippen LogP contribution in [0.15, 0.2) is 36.4 Å². The van der Waals surface area contributed by atoms with Crippen LogP contribution in [0.25, 0.3) is 10.8 Å². The van der Waals surface area contributed by atoms with E-state index in [1.807, 2.05) is 18.2 Å². The molecule has 1 aliphatic rings. The van der Waals surface area contributed by atoms with Crippen molar-refractivity contribution in [2.45, 2.75) is 58.2 Å². The van der Waals surface area contributed by atoms with Gasteiger partial charge in [0.1, 0.15) is 5.75 Å². The molecule has 1 aliphatic heterocycles. The number of hydrogen-bond acceptors (Lipinski definition) is 2. The highest BCUT2D eigenvalue weighted by molar-refractivity contribution is 5.89. The van der Waals surface area contributed by atoms with Gasteiger partial charge in [-0.1, -0.05) is 42.8 Å². The number of benzene rings is 2. The van der Waals surface area contributed by atoms with Gasteiger partial charge in [0.25, 0.3) is 0 Å². The summed E-state index contributed by atoms with van der Waals surface area (Å²) in [5.74, 6) is 0.450. The van der Waals surface area contributed by atoms with Crippen LogP contribution in [-0.4, -0.2) is 22.1 Å². The van der Waals surface area contributed by atoms with Crippen LogP contribution in [0, 0.1) is 0 Å². The van der Waals surface area contributed by atoms with Gasteiger partial charge in [-0.25, -0.2) is 0 Å². The topological polar surface area (TPSA) is 23.5 Å². The maximum absolute atomic E-state index is 10.7. The molecule has 0 aliphatic carbocycles. The molecule has 3 rings (SSSR count). The van der Waals surface area contributed by atoms with Crippen LogP contribution in [0.3, 0.4) is 0 Å². The van der Waals surface area contributed by atoms with Gasteiger partial charge in [-0.05, 0) is 39.0 Å². The van der Waals surface area contributed by atoms with Crippen LogP contribution in [0.5, 0.6) is 5.75 Å². The second kappa shape index (κ2) is 5.69. The summed E-state index contributed by atoms with van der Waals surface area (Å²) < 4.78 is 0. The van der Waals surface area contributed by atoms with Crippen LogP contribution in [0.2, 0.25) is 0 Å². The van der Waals surface area contributed by atoms with Crippen molar-refractivity contribution in [1.82, 2.24) is 4.90 Å². The number of nitrogens with zero attached hydrogens (tertiary/aromatic N) is 1. The smallest absolute Gasteiger partial charge is 0.128 e. The lowest BCUT2D eigenvalue weighted by molar-refractivity contribution is 0.0614. The van der Waals surface area contributed by atoms with E-state index in [0.29, 0.717) is 17.8 Å². The Bertz CT molecular complexity index is 626. The molecular formula is C19H25NO. The minimum Gasteiger partial charge on any atom is -0.507 e. The van der Waals surface area contributed by atoms with Gasteiger partial charge < -0.3 is 5.11 Å². The van der Waals surface area contributed by atoms with Crippen molar-refractivity contribution in [2.75, 3.05) is 0 Å². The second-order valence-electron chi connectivity index (χ2n) is 6.48. The predicted octanol–water partition coefficient (Wildman–Crippen LogP) is 4.87. The fraction of sp³-hybridized carbons (Fsp3) is 0.474. The standard InChI is InChI=1S/C19H25NO/c1-13-7-6-8-14(2)20(13)15(3)17-12-11-16-9-4-5-10-18(16)19(17)21/h4-5,9-15,21H,6-8H2,1-3H3. The van der Waals surface area contributed by atoms with Crippen molar-refractivity contribution in [3.05, 3.63) is 42.0 Å². The Balaban J connectivity index is 2.01. The Morgan fingerprint density at radius 3 is 2.43 bits per heavy atom. The van der Waals surface area contributed by atoms with E-state index in [4.69, 9.17) is 0 Å². The van der Waals surface area contributed by atoms with E-state index in [1.165, 1.54) is 19.3 Å². The van der Waals surface area contributed by atoms with Gasteiger partial charge in [-0.15, -0.1) is 0 Å². The van der Waals surface area contributed by atoms with E-state index in [0.717, 1.165) is 16.3 Å². The molecule has 0 saturated carbocycles. The lowest BCUT2D eigenvalue weighted by Crippen LogP contribution is -2.45. The number of phenolic OH excluding ortho intramolecular Hbond substituents is 1. The molecule has 1 fully saturated rings. The highest BCUT2D eigenvalue weighted by atomic mass is 16.3. The summed E-state index contributed by atoms with van der Waals surface area (Å²) in [4.78, 5) is 2.56. The van der Waals surface area contributed by atoms with E-state index < -0.39 is 0 Å². The summed E-state index contributed by atoms with van der Waals surface area (Å²) in [5, 5.41) is 12.8. The summed E-state index contributed by atoms with van der Waals surface area (Å²) in [5.41, 5.74) is 1.05. The molecule has 2 nitrogen and oxygen atoms in total. The summed E-state index contributed by atoms with van der Waals surface area (Å²) in [7, 11) is 0. The molecule has 1 N–H and O–H groups in total. The van der Waals surface area contributed by atoms with Crippen LogP contribution in [0.1, 0.15) is 51.6 Å². The molecule has 0 amide bonds. The number of piperidine rings is 1. The monoisotopic (exact) mass is 283 g/mol. The van der Waals surface area contributed by atoms with Crippen LogP contribution in [-0.2, 0) is 0 Å². The first-order valence-electron chi connectivity index (χ1n) is 8.07. The quantitative estimate of drug-likeness (QED) is 0.850. The summed E-state index contributed by atoms with van der Waals surface area (Å²) in [6.07, 6.45) is 3.82. The van der Waals surface area contributed by atoms with E-state index in [9.17, 15) is 5.11 Å². The van der Waals surface area contributed by atoms with Gasteiger partial charge in [-0.3, -0.25) is 4.90 Å². The zero-order valence-corrected chi connectivity index (χ0v) is 13.2. The van der Waals surface area contributed by atoms with E-state index >= 15 is 0 Å². The third-order valence-corrected chi connectivity index (χ3v) is 5.09. The number of rotatable bonds is 2. The average Bonchev–Trinajstić information content (AvgIpc) is 2.47. The Labute approximate surface area is 127 Å². The average molecular weight is 283 g/mol. The fourth-order valence-corrected chi connectivity index (χ4v) is 3.97. The van der Waals surface area contributed by atoms with Crippen molar-refractivity contribution < 1.29 is 5.11 Å². The van der Waals surface area contributed by atoms with Gasteiger partial charge in [0.15, 0.2) is 0 Å². The van der Waals surface area contributed by atoms with Gasteiger partial charge in [-0.2, -0.15) is 0 Å². The van der Waals surface area contributed by atoms with E-state index in [-0.39, 0.29) is 6.04 Å². The molecule has 1 saturated heterocycles. The van der Waals surface area contributed by atoms with Crippen molar-refractivity contribution >= 4 is 10.8 Å². The lowest BCUT2D eigenvalue weighted by atomic mass is 9.92. The summed E-state index contributed by atoms with van der Waals surface area (Å²) in [6.45, 7) is 6.84. The highest BCUT2D eigenvalue weighted by Gasteiger charge is 2.30. The third kappa shape index (κ3) is 2.53. The first kappa shape index (κ1) is 14.4. The number of aromatic hydroxyl groups is 1. The van der Waals surface area contributed by atoms with Crippen LogP contribution >= 0.6 is 0 Å². The molecule has 2 heteroatoms. The molecule has 0 spiro atoms. The molecule has 3 unspecified atom stereocenters. The Hall–Kier alpha value is -1.54. The molecular weight excluding hydrogens is 258 g/mol. The lowest BCUT2D eigenvalue weighted by Gasteiger charge is -2.43. The van der Waals surface area contributed by atoms with Gasteiger partial charge in [0.2, 0.25) is 0 Å². The largest absolute Gasteiger partial charge is 0.507 e. The van der Waals surface area contributed by atoms with Crippen molar-refractivity contribution in [3.63, 3.8) is 0 Å². The van der Waals surface area contributed by atoms with E-state index in [2.05, 4.69) is 43.9 Å². The van der Waals surface area contributed by atoms with Crippen LogP contribution in [0.4, 0.5) is 0 Å². The highest BCUT2D eigenvalue weighted by Crippen LogP contribution is 2.38. The number of phenols is 1. The van der Waals surface area contributed by atoms with Gasteiger partial charge >= 0.3 is 0 Å². The molecule has 2 aromatic carbocycles. The van der Waals surface area contributed by atoms with Gasteiger partial charge in [0.05, 0.1) is 0 Å². The zero-order chi connectivity index (χ0) is 15.0. The Morgan fingerprint density at radius 1 is 1.05 bits per heavy atom. The SMILES string of the molecule is CC1CCCC(C)N1C(C)c1ccc2ccccc2c1O. The Kier molecular flexibility index (Phi) is 3.90. The van der Waals surface area contributed by atoms with Crippen molar-refractivity contribution in [2.24, 2.45) is 0 Å². The maximum atomic E-state index is 10.7. The molecule has 0 radical (unpaired) electrons.